The lowest BCUT2D eigenvalue weighted by atomic mass is 9.80. The van der Waals surface area contributed by atoms with Crippen LogP contribution in [0.2, 0.25) is 0 Å². The molecule has 1 aromatic heterocycles. The van der Waals surface area contributed by atoms with Crippen molar-refractivity contribution in [3.63, 3.8) is 0 Å². The predicted octanol–water partition coefficient (Wildman–Crippen LogP) is 4.89. The van der Waals surface area contributed by atoms with Crippen LogP contribution in [0.5, 0.6) is 0 Å². The van der Waals surface area contributed by atoms with E-state index in [4.69, 9.17) is 19.2 Å². The van der Waals surface area contributed by atoms with Crippen LogP contribution in [0.4, 0.5) is 0 Å². The molecule has 0 aliphatic heterocycles. The molecular weight excluding hydrogens is 567 g/mol. The summed E-state index contributed by atoms with van der Waals surface area (Å²) in [5.74, 6) is 0. The number of benzene rings is 3. The fourth-order valence-electron chi connectivity index (χ4n) is 4.92. The molecule has 3 aromatic carbocycles. The topological polar surface area (TPSA) is 129 Å². The van der Waals surface area contributed by atoms with Crippen LogP contribution < -0.4 is 11.3 Å². The van der Waals surface area contributed by atoms with Crippen molar-refractivity contribution in [1.29, 1.82) is 5.41 Å². The number of nitrogens with zero attached hydrogens (tertiary/aromatic N) is 3. The summed E-state index contributed by atoms with van der Waals surface area (Å²) in [4.78, 5) is 17.4. The van der Waals surface area contributed by atoms with Gasteiger partial charge < -0.3 is 18.9 Å². The van der Waals surface area contributed by atoms with Gasteiger partial charge >= 0.3 is 13.3 Å². The first-order valence-corrected chi connectivity index (χ1v) is 15.9. The SMILES string of the molecule is CC(C)OP(=O)(Cn1c(=N)ncn(C[C@H](O)COC(c2ccccc2)(c2ccccc2)c2ccccc2)c1=O)OC(C)C. The van der Waals surface area contributed by atoms with Crippen molar-refractivity contribution in [3.8, 4) is 0 Å². The molecule has 1 heterocycles. The third-order valence-electron chi connectivity index (χ3n) is 6.55. The second-order valence-electron chi connectivity index (χ2n) is 10.7. The highest BCUT2D eigenvalue weighted by molar-refractivity contribution is 7.52. The first kappa shape index (κ1) is 32.3. The zero-order valence-corrected chi connectivity index (χ0v) is 25.8. The van der Waals surface area contributed by atoms with E-state index in [2.05, 4.69) is 4.98 Å². The minimum absolute atomic E-state index is 0.140. The molecule has 0 bridgehead atoms. The van der Waals surface area contributed by atoms with E-state index in [1.165, 1.54) is 6.33 Å². The minimum Gasteiger partial charge on any atom is -0.389 e. The quantitative estimate of drug-likeness (QED) is 0.154. The number of aliphatic hydroxyl groups is 1. The molecule has 228 valence electrons. The van der Waals surface area contributed by atoms with Crippen LogP contribution in [0.3, 0.4) is 0 Å². The molecule has 0 fully saturated rings. The Morgan fingerprint density at radius 3 is 1.70 bits per heavy atom. The molecule has 1 atom stereocenters. The van der Waals surface area contributed by atoms with Crippen LogP contribution in [0.15, 0.2) is 102 Å². The molecule has 4 aromatic rings. The Bertz CT molecular complexity index is 1510. The van der Waals surface area contributed by atoms with Crippen LogP contribution in [-0.2, 0) is 36.8 Å². The first-order chi connectivity index (χ1) is 20.5. The van der Waals surface area contributed by atoms with Crippen molar-refractivity contribution in [3.05, 3.63) is 130 Å². The number of hydrogen-bond donors (Lipinski definition) is 2. The highest BCUT2D eigenvalue weighted by Crippen LogP contribution is 2.51. The van der Waals surface area contributed by atoms with Gasteiger partial charge in [0, 0.05) is 0 Å². The largest absolute Gasteiger partial charge is 0.389 e. The Kier molecular flexibility index (Phi) is 10.7. The van der Waals surface area contributed by atoms with Crippen LogP contribution in [0, 0.1) is 5.41 Å². The average Bonchev–Trinajstić information content (AvgIpc) is 2.98. The summed E-state index contributed by atoms with van der Waals surface area (Å²) in [5, 5.41) is 19.4. The van der Waals surface area contributed by atoms with Crippen LogP contribution >= 0.6 is 7.60 Å². The first-order valence-electron chi connectivity index (χ1n) is 14.2. The van der Waals surface area contributed by atoms with Crippen molar-refractivity contribution >= 4 is 7.60 Å². The van der Waals surface area contributed by atoms with Crippen LogP contribution in [0.25, 0.3) is 0 Å². The van der Waals surface area contributed by atoms with Crippen molar-refractivity contribution in [2.75, 3.05) is 6.61 Å². The maximum atomic E-state index is 13.5. The number of nitrogens with one attached hydrogen (secondary N) is 1. The molecule has 0 amide bonds. The van der Waals surface area contributed by atoms with E-state index in [0.29, 0.717) is 0 Å². The van der Waals surface area contributed by atoms with Crippen molar-refractivity contribution < 1.29 is 23.5 Å². The molecule has 2 N–H and O–H groups in total. The van der Waals surface area contributed by atoms with Crippen LogP contribution in [0.1, 0.15) is 44.4 Å². The van der Waals surface area contributed by atoms with Gasteiger partial charge in [0.1, 0.15) is 18.2 Å². The second kappa shape index (κ2) is 14.2. The summed E-state index contributed by atoms with van der Waals surface area (Å²) in [6, 6.07) is 29.3. The predicted molar refractivity (Wildman–Crippen MR) is 164 cm³/mol. The molecule has 0 spiro atoms. The highest BCUT2D eigenvalue weighted by atomic mass is 31.2. The van der Waals surface area contributed by atoms with Crippen molar-refractivity contribution in [1.82, 2.24) is 14.1 Å². The van der Waals surface area contributed by atoms with Gasteiger partial charge in [0.25, 0.3) is 0 Å². The van der Waals surface area contributed by atoms with E-state index in [0.717, 1.165) is 25.8 Å². The summed E-state index contributed by atoms with van der Waals surface area (Å²) in [7, 11) is -3.80. The molecule has 0 saturated heterocycles. The number of rotatable bonds is 14. The van der Waals surface area contributed by atoms with Gasteiger partial charge in [-0.15, -0.1) is 0 Å². The second-order valence-corrected chi connectivity index (χ2v) is 12.7. The van der Waals surface area contributed by atoms with E-state index in [1.807, 2.05) is 91.0 Å². The van der Waals surface area contributed by atoms with Gasteiger partial charge in [-0.2, -0.15) is 0 Å². The van der Waals surface area contributed by atoms with E-state index >= 15 is 0 Å². The van der Waals surface area contributed by atoms with E-state index < -0.39 is 49.1 Å². The smallest absolute Gasteiger partial charge is 0.350 e. The lowest BCUT2D eigenvalue weighted by Crippen LogP contribution is -2.44. The van der Waals surface area contributed by atoms with Crippen LogP contribution in [-0.4, -0.2) is 44.1 Å². The Morgan fingerprint density at radius 1 is 0.837 bits per heavy atom. The Labute approximate surface area is 251 Å². The molecule has 0 saturated carbocycles. The zero-order valence-electron chi connectivity index (χ0n) is 24.9. The summed E-state index contributed by atoms with van der Waals surface area (Å²) in [6.45, 7) is 6.52. The molecule has 0 unspecified atom stereocenters. The summed E-state index contributed by atoms with van der Waals surface area (Å²) >= 11 is 0. The molecule has 4 rings (SSSR count). The van der Waals surface area contributed by atoms with E-state index in [-0.39, 0.29) is 13.2 Å². The third kappa shape index (κ3) is 7.84. The lowest BCUT2D eigenvalue weighted by Gasteiger charge is -2.36. The average molecular weight is 607 g/mol. The normalized spacial score (nSPS) is 13.0. The van der Waals surface area contributed by atoms with Gasteiger partial charge in [0.2, 0.25) is 5.62 Å². The van der Waals surface area contributed by atoms with E-state index in [1.54, 1.807) is 27.7 Å². The molecular formula is C32H39N4O6P. The Balaban J connectivity index is 1.65. The summed E-state index contributed by atoms with van der Waals surface area (Å²) in [6.07, 6.45) is -1.31. The number of ether oxygens (including phenoxy) is 1. The van der Waals surface area contributed by atoms with Crippen molar-refractivity contribution in [2.45, 2.75) is 64.4 Å². The monoisotopic (exact) mass is 606 g/mol. The molecule has 0 aliphatic rings. The van der Waals surface area contributed by atoms with Gasteiger partial charge in [-0.05, 0) is 44.4 Å². The fraction of sp³-hybridized carbons (Fsp3) is 0.344. The summed E-state index contributed by atoms with van der Waals surface area (Å²) in [5.41, 5.74) is 0.499. The number of aromatic nitrogens is 3. The Hall–Kier alpha value is -3.66. The lowest BCUT2D eigenvalue weighted by molar-refractivity contribution is -0.0428. The molecule has 10 nitrogen and oxygen atoms in total. The van der Waals surface area contributed by atoms with Gasteiger partial charge in [-0.25, -0.2) is 9.78 Å². The van der Waals surface area contributed by atoms with Crippen molar-refractivity contribution in [2.24, 2.45) is 0 Å². The van der Waals surface area contributed by atoms with Gasteiger partial charge in [0.15, 0.2) is 0 Å². The molecule has 0 aliphatic carbocycles. The highest BCUT2D eigenvalue weighted by Gasteiger charge is 2.38. The number of hydrogen-bond acceptors (Lipinski definition) is 8. The zero-order chi connectivity index (χ0) is 31.0. The standard InChI is InChI=1S/C32H39N4O6P/c1-24(2)41-43(39,42-25(3)4)23-36-30(33)34-22-35(31(36)38)20-29(37)21-40-32(26-14-8-5-9-15-26,27-16-10-6-11-17-27)28-18-12-7-13-19-28/h5-19,22,24-25,29,33,37H,20-21,23H2,1-4H3/t29-/m0/s1. The molecule has 11 heteroatoms. The minimum atomic E-state index is -3.80. The maximum Gasteiger partial charge on any atom is 0.350 e. The maximum absolute atomic E-state index is 13.5. The fourth-order valence-corrected chi connectivity index (χ4v) is 6.99. The summed E-state index contributed by atoms with van der Waals surface area (Å²) < 4.78 is 33.4. The van der Waals surface area contributed by atoms with Gasteiger partial charge in [-0.3, -0.25) is 19.1 Å². The Morgan fingerprint density at radius 2 is 1.28 bits per heavy atom. The number of aliphatic hydroxyl groups excluding tert-OH is 1. The molecule has 0 radical (unpaired) electrons. The van der Waals surface area contributed by atoms with E-state index in [9.17, 15) is 14.5 Å². The van der Waals surface area contributed by atoms with Gasteiger partial charge in [0.05, 0.1) is 31.5 Å². The third-order valence-corrected chi connectivity index (χ3v) is 8.66. The van der Waals surface area contributed by atoms with Gasteiger partial charge in [-0.1, -0.05) is 91.0 Å². The molecule has 43 heavy (non-hydrogen) atoms.